The van der Waals surface area contributed by atoms with Crippen molar-refractivity contribution >= 4 is 27.5 Å². The fourth-order valence-corrected chi connectivity index (χ4v) is 5.42. The van der Waals surface area contributed by atoms with Gasteiger partial charge in [-0.25, -0.2) is 12.7 Å². The fraction of sp³-hybridized carbons (Fsp3) is 0.611. The molecular weight excluding hydrogens is 360 g/mol. The Morgan fingerprint density at radius 3 is 2.48 bits per heavy atom. The number of halogens is 1. The lowest BCUT2D eigenvalue weighted by molar-refractivity contribution is -0.126. The van der Waals surface area contributed by atoms with Crippen molar-refractivity contribution in [1.82, 2.24) is 9.62 Å². The second kappa shape index (κ2) is 8.06. The molecule has 7 heteroatoms. The van der Waals surface area contributed by atoms with E-state index >= 15 is 0 Å². The molecule has 0 aromatic heterocycles. The van der Waals surface area contributed by atoms with Crippen LogP contribution in [0.15, 0.2) is 24.3 Å². The highest BCUT2D eigenvalue weighted by Gasteiger charge is 2.33. The molecule has 2 aliphatic rings. The van der Waals surface area contributed by atoms with Crippen LogP contribution in [0.2, 0.25) is 5.02 Å². The summed E-state index contributed by atoms with van der Waals surface area (Å²) in [7, 11) is -3.43. The van der Waals surface area contributed by atoms with Crippen molar-refractivity contribution in [2.75, 3.05) is 13.1 Å². The van der Waals surface area contributed by atoms with Gasteiger partial charge in [-0.2, -0.15) is 0 Å². The average Bonchev–Trinajstić information content (AvgIpc) is 3.10. The molecule has 1 aliphatic carbocycles. The first kappa shape index (κ1) is 18.7. The minimum absolute atomic E-state index is 0.0123. The molecule has 1 saturated heterocycles. The maximum absolute atomic E-state index is 12.7. The van der Waals surface area contributed by atoms with Crippen LogP contribution in [0.25, 0.3) is 0 Å². The minimum Gasteiger partial charge on any atom is -0.353 e. The van der Waals surface area contributed by atoms with Crippen LogP contribution >= 0.6 is 11.6 Å². The van der Waals surface area contributed by atoms with E-state index < -0.39 is 10.0 Å². The molecule has 1 N–H and O–H groups in total. The number of amides is 1. The highest BCUT2D eigenvalue weighted by molar-refractivity contribution is 7.88. The number of nitrogens with zero attached hydrogens (tertiary/aromatic N) is 1. The second-order valence-corrected chi connectivity index (χ2v) is 9.48. The van der Waals surface area contributed by atoms with Crippen LogP contribution in [0.3, 0.4) is 0 Å². The average molecular weight is 385 g/mol. The quantitative estimate of drug-likeness (QED) is 0.848. The third kappa shape index (κ3) is 4.96. The Bertz CT molecular complexity index is 700. The van der Waals surface area contributed by atoms with Crippen molar-refractivity contribution in [2.45, 2.75) is 50.3 Å². The number of benzene rings is 1. The highest BCUT2D eigenvalue weighted by atomic mass is 35.5. The number of rotatable bonds is 5. The molecule has 1 heterocycles. The molecular formula is C18H25ClN2O3S. The molecule has 1 aromatic rings. The van der Waals surface area contributed by atoms with Gasteiger partial charge in [0.25, 0.3) is 0 Å². The summed E-state index contributed by atoms with van der Waals surface area (Å²) in [6.07, 6.45) is 5.89. The first-order valence-corrected chi connectivity index (χ1v) is 11.0. The van der Waals surface area contributed by atoms with E-state index in [0.717, 1.165) is 38.5 Å². The molecule has 0 spiro atoms. The van der Waals surface area contributed by atoms with E-state index in [4.69, 9.17) is 11.6 Å². The van der Waals surface area contributed by atoms with Gasteiger partial charge in [0, 0.05) is 24.2 Å². The van der Waals surface area contributed by atoms with Gasteiger partial charge in [-0.05, 0) is 43.4 Å². The van der Waals surface area contributed by atoms with E-state index in [0.29, 0.717) is 17.1 Å². The SMILES string of the molecule is O=C(NC1CCCC1)[C@H]1CCCN(S(=O)(=O)Cc2ccc(Cl)cc2)C1. The number of carbonyl (C=O) groups excluding carboxylic acids is 1. The van der Waals surface area contributed by atoms with Gasteiger partial charge in [0.05, 0.1) is 11.7 Å². The molecule has 0 radical (unpaired) electrons. The molecule has 3 rings (SSSR count). The molecule has 138 valence electrons. The summed E-state index contributed by atoms with van der Waals surface area (Å²) in [5.74, 6) is -0.283. The molecule has 5 nitrogen and oxygen atoms in total. The Kier molecular flexibility index (Phi) is 6.02. The number of nitrogens with one attached hydrogen (secondary N) is 1. The number of carbonyl (C=O) groups is 1. The number of hydrogen-bond donors (Lipinski definition) is 1. The van der Waals surface area contributed by atoms with Crippen molar-refractivity contribution in [2.24, 2.45) is 5.92 Å². The third-order valence-electron chi connectivity index (χ3n) is 5.11. The molecule has 25 heavy (non-hydrogen) atoms. The van der Waals surface area contributed by atoms with Crippen LogP contribution < -0.4 is 5.32 Å². The zero-order valence-corrected chi connectivity index (χ0v) is 15.9. The second-order valence-electron chi connectivity index (χ2n) is 7.07. The van der Waals surface area contributed by atoms with Gasteiger partial charge in [-0.15, -0.1) is 0 Å². The first-order chi connectivity index (χ1) is 11.9. The molecule has 1 aromatic carbocycles. The Morgan fingerprint density at radius 1 is 1.12 bits per heavy atom. The lowest BCUT2D eigenvalue weighted by atomic mass is 9.98. The fourth-order valence-electron chi connectivity index (χ4n) is 3.68. The van der Waals surface area contributed by atoms with E-state index in [-0.39, 0.29) is 30.2 Å². The zero-order valence-electron chi connectivity index (χ0n) is 14.3. The standard InChI is InChI=1S/C18H25ClN2O3S/c19-16-9-7-14(8-10-16)13-25(23,24)21-11-3-4-15(12-21)18(22)20-17-5-1-2-6-17/h7-10,15,17H,1-6,11-13H2,(H,20,22)/t15-/m0/s1. The Balaban J connectivity index is 1.61. The van der Waals surface area contributed by atoms with E-state index in [1.54, 1.807) is 24.3 Å². The van der Waals surface area contributed by atoms with Crippen LogP contribution in [-0.4, -0.2) is 37.8 Å². The summed E-state index contributed by atoms with van der Waals surface area (Å²) < 4.78 is 26.9. The van der Waals surface area contributed by atoms with Gasteiger partial charge in [0.1, 0.15) is 0 Å². The summed E-state index contributed by atoms with van der Waals surface area (Å²) in [4.78, 5) is 12.5. The van der Waals surface area contributed by atoms with Crippen LogP contribution in [0.5, 0.6) is 0 Å². The van der Waals surface area contributed by atoms with Crippen LogP contribution in [0, 0.1) is 5.92 Å². The maximum atomic E-state index is 12.7. The van der Waals surface area contributed by atoms with Crippen LogP contribution in [0.4, 0.5) is 0 Å². The van der Waals surface area contributed by atoms with E-state index in [2.05, 4.69) is 5.32 Å². The third-order valence-corrected chi connectivity index (χ3v) is 7.18. The van der Waals surface area contributed by atoms with Crippen molar-refractivity contribution in [1.29, 1.82) is 0 Å². The smallest absolute Gasteiger partial charge is 0.224 e. The summed E-state index contributed by atoms with van der Waals surface area (Å²) in [6.45, 7) is 0.775. The lowest BCUT2D eigenvalue weighted by Gasteiger charge is -2.32. The van der Waals surface area contributed by atoms with Gasteiger partial charge in [0.2, 0.25) is 15.9 Å². The molecule has 0 unspecified atom stereocenters. The zero-order chi connectivity index (χ0) is 17.9. The molecule has 2 fully saturated rings. The summed E-state index contributed by atoms with van der Waals surface area (Å²) in [6, 6.07) is 7.12. The number of hydrogen-bond acceptors (Lipinski definition) is 3. The van der Waals surface area contributed by atoms with Gasteiger partial charge in [-0.3, -0.25) is 4.79 Å². The first-order valence-electron chi connectivity index (χ1n) is 8.97. The molecule has 1 saturated carbocycles. The Labute approximate surface area is 154 Å². The predicted octanol–water partition coefficient (Wildman–Crippen LogP) is 2.94. The van der Waals surface area contributed by atoms with Gasteiger partial charge in [-0.1, -0.05) is 36.6 Å². The van der Waals surface area contributed by atoms with Gasteiger partial charge >= 0.3 is 0 Å². The normalized spacial score (nSPS) is 22.8. The van der Waals surface area contributed by atoms with Gasteiger partial charge in [0.15, 0.2) is 0 Å². The van der Waals surface area contributed by atoms with Crippen molar-refractivity contribution in [3.8, 4) is 0 Å². The van der Waals surface area contributed by atoms with Crippen molar-refractivity contribution in [3.63, 3.8) is 0 Å². The van der Waals surface area contributed by atoms with E-state index in [1.165, 1.54) is 4.31 Å². The van der Waals surface area contributed by atoms with E-state index in [9.17, 15) is 13.2 Å². The minimum atomic E-state index is -3.43. The molecule has 1 aliphatic heterocycles. The highest BCUT2D eigenvalue weighted by Crippen LogP contribution is 2.24. The maximum Gasteiger partial charge on any atom is 0.224 e. The molecule has 1 amide bonds. The summed E-state index contributed by atoms with van der Waals surface area (Å²) in [5, 5.41) is 3.69. The van der Waals surface area contributed by atoms with Crippen LogP contribution in [-0.2, 0) is 20.6 Å². The monoisotopic (exact) mass is 384 g/mol. The number of sulfonamides is 1. The summed E-state index contributed by atoms with van der Waals surface area (Å²) in [5.41, 5.74) is 0.710. The summed E-state index contributed by atoms with van der Waals surface area (Å²) >= 11 is 5.85. The Morgan fingerprint density at radius 2 is 1.80 bits per heavy atom. The lowest BCUT2D eigenvalue weighted by Crippen LogP contribution is -2.47. The van der Waals surface area contributed by atoms with Gasteiger partial charge < -0.3 is 5.32 Å². The van der Waals surface area contributed by atoms with E-state index in [1.807, 2.05) is 0 Å². The Hall–Kier alpha value is -1.11. The number of piperidine rings is 1. The largest absolute Gasteiger partial charge is 0.353 e. The molecule has 0 bridgehead atoms. The van der Waals surface area contributed by atoms with Crippen molar-refractivity contribution < 1.29 is 13.2 Å². The topological polar surface area (TPSA) is 66.5 Å². The molecule has 1 atom stereocenters. The predicted molar refractivity (Wildman–Crippen MR) is 98.8 cm³/mol. The van der Waals surface area contributed by atoms with Crippen molar-refractivity contribution in [3.05, 3.63) is 34.9 Å². The van der Waals surface area contributed by atoms with Crippen LogP contribution in [0.1, 0.15) is 44.1 Å².